The molecule has 1 heterocycles. The van der Waals surface area contributed by atoms with E-state index < -0.39 is 60.2 Å². The Balaban J connectivity index is 2.26. The first-order valence-electron chi connectivity index (χ1n) is 18.7. The van der Waals surface area contributed by atoms with Crippen molar-refractivity contribution in [3.63, 3.8) is 0 Å². The Bertz CT molecular complexity index is 1310. The lowest BCUT2D eigenvalue weighted by molar-refractivity contribution is -0.148. The summed E-state index contributed by atoms with van der Waals surface area (Å²) < 4.78 is 11.8. The molecule has 294 valence electrons. The smallest absolute Gasteiger partial charge is 0.326 e. The summed E-state index contributed by atoms with van der Waals surface area (Å²) in [5.74, 6) is -3.27. The van der Waals surface area contributed by atoms with E-state index in [1.54, 1.807) is 30.8 Å². The predicted octanol–water partition coefficient (Wildman–Crippen LogP) is 3.10. The van der Waals surface area contributed by atoms with Gasteiger partial charge in [-0.3, -0.25) is 19.2 Å². The number of nitrogens with one attached hydrogen (secondary N) is 3. The number of likely N-dealkylation sites (tertiary alicyclic amines) is 1. The molecule has 1 unspecified atom stereocenters. The quantitative estimate of drug-likeness (QED) is 0.149. The predicted molar refractivity (Wildman–Crippen MR) is 200 cm³/mol. The number of nitrogens with zero attached hydrogens (tertiary/aromatic N) is 2. The van der Waals surface area contributed by atoms with Crippen molar-refractivity contribution in [3.05, 3.63) is 35.9 Å². The lowest BCUT2D eigenvalue weighted by Crippen LogP contribution is -2.59. The number of ether oxygens (including phenoxy) is 2. The summed E-state index contributed by atoms with van der Waals surface area (Å²) >= 11 is 0. The molecule has 0 saturated carbocycles. The molecule has 9 atom stereocenters. The fourth-order valence-electron chi connectivity index (χ4n) is 7.40. The average Bonchev–Trinajstić information content (AvgIpc) is 3.59. The fourth-order valence-corrected chi connectivity index (χ4v) is 7.40. The minimum absolute atomic E-state index is 0.0112. The van der Waals surface area contributed by atoms with Gasteiger partial charge in [-0.2, -0.15) is 0 Å². The molecule has 0 bridgehead atoms. The molecule has 13 nitrogen and oxygen atoms in total. The monoisotopic (exact) mass is 731 g/mol. The maximum absolute atomic E-state index is 14.1. The van der Waals surface area contributed by atoms with Crippen LogP contribution >= 0.6 is 0 Å². The zero-order valence-corrected chi connectivity index (χ0v) is 33.2. The van der Waals surface area contributed by atoms with Crippen LogP contribution < -0.4 is 16.0 Å². The summed E-state index contributed by atoms with van der Waals surface area (Å²) in [7, 11) is 6.46. The average molecular weight is 732 g/mol. The number of amides is 4. The molecule has 4 amide bonds. The third-order valence-electron chi connectivity index (χ3n) is 10.6. The zero-order chi connectivity index (χ0) is 39.3. The SMILES string of the molecule is CC[C@H](C)[C@@H]([C@@H](CC(=O)N1CCC[C@H]1[C@H](OC)[C@@H](C)C(=O)N[C@@H](Cc1ccccc1)C(=O)O)OC)N(C)C(=O)[C@@H](NC(=O)C(NC)C(C)C)C(C)C. The van der Waals surface area contributed by atoms with E-state index in [0.717, 1.165) is 12.0 Å². The van der Waals surface area contributed by atoms with Gasteiger partial charge in [-0.25, -0.2) is 4.79 Å². The highest BCUT2D eigenvalue weighted by atomic mass is 16.5. The lowest BCUT2D eigenvalue weighted by Gasteiger charge is -2.41. The van der Waals surface area contributed by atoms with E-state index in [1.165, 1.54) is 14.2 Å². The molecule has 0 aliphatic carbocycles. The Kier molecular flexibility index (Phi) is 18.2. The number of likely N-dealkylation sites (N-methyl/N-ethyl adjacent to an activating group) is 2. The molecule has 2 rings (SSSR count). The molecule has 52 heavy (non-hydrogen) atoms. The standard InChI is InChI=1S/C39H65N5O8/c1-12-25(6)34(43(9)38(48)33(24(4)5)42-37(47)32(40-8)23(2)3)30(51-10)22-31(45)44-20-16-19-29(44)35(52-11)26(7)36(46)41-28(39(49)50)21-27-17-14-13-15-18-27/h13-15,17-18,23-26,28-30,32-35,40H,12,16,19-22H2,1-11H3,(H,41,46)(H,42,47)(H,49,50)/t25-,26+,28-,29-,30+,32?,33-,34-,35+/m0/s1. The van der Waals surface area contributed by atoms with Crippen LogP contribution in [0, 0.1) is 23.7 Å². The van der Waals surface area contributed by atoms with Crippen LogP contribution in [0.2, 0.25) is 0 Å². The lowest BCUT2D eigenvalue weighted by atomic mass is 9.89. The molecule has 13 heteroatoms. The van der Waals surface area contributed by atoms with Crippen LogP contribution in [0.15, 0.2) is 30.3 Å². The molecule has 1 fully saturated rings. The molecule has 4 N–H and O–H groups in total. The highest BCUT2D eigenvalue weighted by Gasteiger charge is 2.43. The molecule has 0 aromatic heterocycles. The van der Waals surface area contributed by atoms with Crippen LogP contribution in [0.1, 0.15) is 79.7 Å². The topological polar surface area (TPSA) is 167 Å². The van der Waals surface area contributed by atoms with Gasteiger partial charge in [-0.1, -0.05) is 85.2 Å². The van der Waals surface area contributed by atoms with Gasteiger partial charge in [0.15, 0.2) is 0 Å². The first-order valence-corrected chi connectivity index (χ1v) is 18.7. The van der Waals surface area contributed by atoms with Crippen molar-refractivity contribution in [2.45, 2.75) is 123 Å². The van der Waals surface area contributed by atoms with E-state index in [9.17, 15) is 29.1 Å². The van der Waals surface area contributed by atoms with Crippen molar-refractivity contribution in [1.29, 1.82) is 0 Å². The number of carboxylic acids is 1. The van der Waals surface area contributed by atoms with Crippen molar-refractivity contribution >= 4 is 29.6 Å². The van der Waals surface area contributed by atoms with Crippen LogP contribution in [0.4, 0.5) is 0 Å². The number of aliphatic carboxylic acids is 1. The maximum Gasteiger partial charge on any atom is 0.326 e. The second-order valence-corrected chi connectivity index (χ2v) is 14.9. The number of carbonyl (C=O) groups excluding carboxylic acids is 4. The van der Waals surface area contributed by atoms with Crippen molar-refractivity contribution < 1.29 is 38.6 Å². The van der Waals surface area contributed by atoms with Crippen LogP contribution in [-0.2, 0) is 39.9 Å². The van der Waals surface area contributed by atoms with Gasteiger partial charge in [0.25, 0.3) is 0 Å². The first kappa shape index (κ1) is 44.6. The Morgan fingerprint density at radius 3 is 2.04 bits per heavy atom. The molecular weight excluding hydrogens is 666 g/mol. The Hall–Kier alpha value is -3.55. The molecule has 1 aromatic carbocycles. The van der Waals surface area contributed by atoms with Crippen LogP contribution in [-0.4, -0.2) is 122 Å². The van der Waals surface area contributed by atoms with E-state index in [4.69, 9.17) is 9.47 Å². The third kappa shape index (κ3) is 11.7. The highest BCUT2D eigenvalue weighted by Crippen LogP contribution is 2.29. The minimum Gasteiger partial charge on any atom is -0.480 e. The molecule has 1 saturated heterocycles. The molecule has 0 radical (unpaired) electrons. The van der Waals surface area contributed by atoms with Gasteiger partial charge in [-0.15, -0.1) is 0 Å². The van der Waals surface area contributed by atoms with E-state index in [2.05, 4.69) is 16.0 Å². The van der Waals surface area contributed by atoms with Crippen molar-refractivity contribution in [1.82, 2.24) is 25.8 Å². The van der Waals surface area contributed by atoms with Gasteiger partial charge >= 0.3 is 5.97 Å². The minimum atomic E-state index is -1.14. The van der Waals surface area contributed by atoms with Gasteiger partial charge in [0.2, 0.25) is 23.6 Å². The fraction of sp³-hybridized carbons (Fsp3) is 0.718. The summed E-state index contributed by atoms with van der Waals surface area (Å²) in [4.78, 5) is 70.3. The molecule has 1 aliphatic heterocycles. The summed E-state index contributed by atoms with van der Waals surface area (Å²) in [6.07, 6.45) is 0.818. The van der Waals surface area contributed by atoms with E-state index in [-0.39, 0.29) is 48.3 Å². The number of rotatable bonds is 21. The van der Waals surface area contributed by atoms with Gasteiger partial charge in [-0.05, 0) is 43.2 Å². The second-order valence-electron chi connectivity index (χ2n) is 14.9. The summed E-state index contributed by atoms with van der Waals surface area (Å²) in [6, 6.07) is 5.84. The number of methoxy groups -OCH3 is 2. The Labute approximate surface area is 310 Å². The zero-order valence-electron chi connectivity index (χ0n) is 33.2. The van der Waals surface area contributed by atoms with Crippen molar-refractivity contribution in [2.75, 3.05) is 34.9 Å². The van der Waals surface area contributed by atoms with Crippen LogP contribution in [0.5, 0.6) is 0 Å². The van der Waals surface area contributed by atoms with E-state index >= 15 is 0 Å². The molecule has 1 aliphatic rings. The van der Waals surface area contributed by atoms with Gasteiger partial charge < -0.3 is 40.3 Å². The van der Waals surface area contributed by atoms with Crippen LogP contribution in [0.3, 0.4) is 0 Å². The summed E-state index contributed by atoms with van der Waals surface area (Å²) in [6.45, 7) is 13.9. The molecular formula is C39H65N5O8. The second kappa shape index (κ2) is 21.2. The Morgan fingerprint density at radius 2 is 1.54 bits per heavy atom. The molecule has 0 spiro atoms. The van der Waals surface area contributed by atoms with Crippen LogP contribution in [0.25, 0.3) is 0 Å². The third-order valence-corrected chi connectivity index (χ3v) is 10.6. The summed E-state index contributed by atoms with van der Waals surface area (Å²) in [5.41, 5.74) is 0.785. The largest absolute Gasteiger partial charge is 0.480 e. The number of benzene rings is 1. The van der Waals surface area contributed by atoms with Gasteiger partial charge in [0.05, 0.1) is 42.7 Å². The van der Waals surface area contributed by atoms with E-state index in [0.29, 0.717) is 19.4 Å². The first-order chi connectivity index (χ1) is 24.5. The number of carboxylic acid groups (broad SMARTS) is 1. The number of carbonyl (C=O) groups is 5. The maximum atomic E-state index is 14.1. The van der Waals surface area contributed by atoms with Gasteiger partial charge in [0, 0.05) is 34.2 Å². The summed E-state index contributed by atoms with van der Waals surface area (Å²) in [5, 5.41) is 18.5. The molecule has 1 aromatic rings. The van der Waals surface area contributed by atoms with Gasteiger partial charge in [0.1, 0.15) is 12.1 Å². The Morgan fingerprint density at radius 1 is 0.923 bits per heavy atom. The number of hydrogen-bond acceptors (Lipinski definition) is 8. The normalized spacial score (nSPS) is 19.2. The van der Waals surface area contributed by atoms with Crippen molar-refractivity contribution in [3.8, 4) is 0 Å². The highest BCUT2D eigenvalue weighted by molar-refractivity contribution is 5.90. The van der Waals surface area contributed by atoms with E-state index in [1.807, 2.05) is 71.9 Å². The number of hydrogen-bond donors (Lipinski definition) is 4. The van der Waals surface area contributed by atoms with Crippen molar-refractivity contribution in [2.24, 2.45) is 23.7 Å².